The highest BCUT2D eigenvalue weighted by Crippen LogP contribution is 2.60. The van der Waals surface area contributed by atoms with Crippen molar-refractivity contribution in [3.05, 3.63) is 59.7 Å². The van der Waals surface area contributed by atoms with Crippen LogP contribution >= 0.6 is 0 Å². The van der Waals surface area contributed by atoms with Gasteiger partial charge in [0.2, 0.25) is 5.91 Å². The van der Waals surface area contributed by atoms with Crippen LogP contribution < -0.4 is 10.1 Å². The molecular weight excluding hydrogens is 543 g/mol. The minimum Gasteiger partial charge on any atom is -0.494 e. The molecule has 2 amide bonds. The molecule has 4 saturated carbocycles. The number of hydrogen-bond donors (Lipinski definition) is 1. The van der Waals surface area contributed by atoms with Crippen LogP contribution in [-0.4, -0.2) is 60.9 Å². The SMILES string of the molecule is O=C(c1ccc(C(F)(F)F)cc1)N1CCN(CCCCOc2cccc(NC(=O)C34CC5CC(CC(C5)C3)C4)c2)CC1. The normalized spacial score (nSPS) is 27.2. The Kier molecular flexibility index (Phi) is 8.22. The highest BCUT2D eigenvalue weighted by molar-refractivity contribution is 5.96. The predicted molar refractivity (Wildman–Crippen MR) is 154 cm³/mol. The van der Waals surface area contributed by atoms with Gasteiger partial charge in [-0.25, -0.2) is 0 Å². The number of halogens is 3. The Labute approximate surface area is 245 Å². The molecule has 5 aliphatic rings. The number of hydrogen-bond acceptors (Lipinski definition) is 4. The summed E-state index contributed by atoms with van der Waals surface area (Å²) < 4.78 is 44.4. The Bertz CT molecular complexity index is 1240. The third-order valence-electron chi connectivity index (χ3n) is 9.87. The lowest BCUT2D eigenvalue weighted by atomic mass is 9.49. The molecule has 0 radical (unpaired) electrons. The number of piperazine rings is 1. The van der Waals surface area contributed by atoms with Gasteiger partial charge in [-0.3, -0.25) is 14.5 Å². The molecule has 2 aromatic carbocycles. The zero-order valence-corrected chi connectivity index (χ0v) is 24.0. The fourth-order valence-electron chi connectivity index (χ4n) is 8.10. The van der Waals surface area contributed by atoms with Gasteiger partial charge in [-0.15, -0.1) is 0 Å². The van der Waals surface area contributed by atoms with E-state index < -0.39 is 11.7 Å². The number of amides is 2. The van der Waals surface area contributed by atoms with Gasteiger partial charge < -0.3 is 15.0 Å². The van der Waals surface area contributed by atoms with Crippen LogP contribution in [0, 0.1) is 23.2 Å². The third kappa shape index (κ3) is 6.46. The number of carbonyl (C=O) groups is 2. The smallest absolute Gasteiger partial charge is 0.416 e. The van der Waals surface area contributed by atoms with Crippen molar-refractivity contribution in [1.82, 2.24) is 9.80 Å². The van der Waals surface area contributed by atoms with E-state index in [0.717, 1.165) is 93.1 Å². The average molecular weight is 584 g/mol. The number of nitrogens with one attached hydrogen (secondary N) is 1. The highest BCUT2D eigenvalue weighted by Gasteiger charge is 2.54. The van der Waals surface area contributed by atoms with E-state index in [2.05, 4.69) is 10.2 Å². The maximum atomic E-state index is 13.4. The van der Waals surface area contributed by atoms with Crippen LogP contribution in [0.2, 0.25) is 0 Å². The van der Waals surface area contributed by atoms with Crippen LogP contribution in [0.1, 0.15) is 67.3 Å². The topological polar surface area (TPSA) is 61.9 Å². The van der Waals surface area contributed by atoms with Gasteiger partial charge in [0, 0.05) is 43.5 Å². The molecule has 42 heavy (non-hydrogen) atoms. The second-order valence-corrected chi connectivity index (χ2v) is 12.9. The lowest BCUT2D eigenvalue weighted by molar-refractivity contribution is -0.140. The van der Waals surface area contributed by atoms with Gasteiger partial charge in [0.05, 0.1) is 17.6 Å². The van der Waals surface area contributed by atoms with E-state index in [9.17, 15) is 22.8 Å². The van der Waals surface area contributed by atoms with E-state index in [1.54, 1.807) is 4.90 Å². The Morgan fingerprint density at radius 3 is 2.14 bits per heavy atom. The molecule has 1 aliphatic heterocycles. The van der Waals surface area contributed by atoms with E-state index in [1.165, 1.54) is 31.4 Å². The number of anilines is 1. The quantitative estimate of drug-likeness (QED) is 0.344. The average Bonchev–Trinajstić information content (AvgIpc) is 2.96. The first kappa shape index (κ1) is 29.0. The van der Waals surface area contributed by atoms with E-state index in [0.29, 0.717) is 19.7 Å². The molecule has 1 N–H and O–H groups in total. The predicted octanol–water partition coefficient (Wildman–Crippen LogP) is 6.48. The molecule has 1 heterocycles. The summed E-state index contributed by atoms with van der Waals surface area (Å²) in [5.41, 5.74) is 0.161. The summed E-state index contributed by atoms with van der Waals surface area (Å²) in [5.74, 6) is 2.92. The molecule has 7 rings (SSSR count). The first-order valence-corrected chi connectivity index (χ1v) is 15.4. The Morgan fingerprint density at radius 2 is 1.52 bits per heavy atom. The molecule has 6 nitrogen and oxygen atoms in total. The molecule has 9 heteroatoms. The fourth-order valence-corrected chi connectivity index (χ4v) is 8.10. The summed E-state index contributed by atoms with van der Waals surface area (Å²) in [5, 5.41) is 3.22. The van der Waals surface area contributed by atoms with Crippen molar-refractivity contribution in [2.24, 2.45) is 23.2 Å². The summed E-state index contributed by atoms with van der Waals surface area (Å²) in [6, 6.07) is 12.1. The van der Waals surface area contributed by atoms with E-state index >= 15 is 0 Å². The zero-order chi connectivity index (χ0) is 29.3. The fraction of sp³-hybridized carbons (Fsp3) is 0.576. The van der Waals surface area contributed by atoms with Gasteiger partial charge in [0.15, 0.2) is 0 Å². The number of unbranched alkanes of at least 4 members (excludes halogenated alkanes) is 1. The summed E-state index contributed by atoms with van der Waals surface area (Å²) in [6.07, 6.45) is 4.52. The van der Waals surface area contributed by atoms with Crippen LogP contribution in [0.4, 0.5) is 18.9 Å². The number of carbonyl (C=O) groups excluding carboxylic acids is 2. The molecule has 0 unspecified atom stereocenters. The van der Waals surface area contributed by atoms with Crippen LogP contribution in [0.15, 0.2) is 48.5 Å². The van der Waals surface area contributed by atoms with Gasteiger partial charge in [-0.05, 0) is 112 Å². The molecule has 226 valence electrons. The second kappa shape index (κ2) is 11.9. The van der Waals surface area contributed by atoms with Crippen LogP contribution in [0.5, 0.6) is 5.75 Å². The minimum absolute atomic E-state index is 0.174. The Balaban J connectivity index is 0.894. The van der Waals surface area contributed by atoms with E-state index in [1.807, 2.05) is 24.3 Å². The molecule has 0 spiro atoms. The minimum atomic E-state index is -4.41. The molecule has 2 aromatic rings. The summed E-state index contributed by atoms with van der Waals surface area (Å²) in [7, 11) is 0. The molecule has 0 atom stereocenters. The van der Waals surface area contributed by atoms with Crippen LogP contribution in [0.3, 0.4) is 0 Å². The van der Waals surface area contributed by atoms with E-state index in [-0.39, 0.29) is 22.8 Å². The van der Waals surface area contributed by atoms with Crippen molar-refractivity contribution in [3.8, 4) is 5.75 Å². The van der Waals surface area contributed by atoms with Crippen molar-refractivity contribution in [3.63, 3.8) is 0 Å². The first-order valence-electron chi connectivity index (χ1n) is 15.4. The Hall–Kier alpha value is -3.07. The van der Waals surface area contributed by atoms with Gasteiger partial charge in [0.1, 0.15) is 5.75 Å². The van der Waals surface area contributed by atoms with Gasteiger partial charge in [-0.1, -0.05) is 6.07 Å². The van der Waals surface area contributed by atoms with Crippen molar-refractivity contribution < 1.29 is 27.5 Å². The van der Waals surface area contributed by atoms with Crippen LogP contribution in [-0.2, 0) is 11.0 Å². The van der Waals surface area contributed by atoms with Gasteiger partial charge in [0.25, 0.3) is 5.91 Å². The lowest BCUT2D eigenvalue weighted by Gasteiger charge is -2.55. The second-order valence-electron chi connectivity index (χ2n) is 12.9. The molecule has 4 aliphatic carbocycles. The number of rotatable bonds is 9. The molecule has 5 fully saturated rings. The molecular formula is C33H40F3N3O3. The van der Waals surface area contributed by atoms with Crippen molar-refractivity contribution in [2.45, 2.75) is 57.5 Å². The zero-order valence-electron chi connectivity index (χ0n) is 24.0. The summed E-state index contributed by atoms with van der Waals surface area (Å²) in [6.45, 7) is 4.05. The van der Waals surface area contributed by atoms with E-state index in [4.69, 9.17) is 4.74 Å². The number of nitrogens with zero attached hydrogens (tertiary/aromatic N) is 2. The largest absolute Gasteiger partial charge is 0.494 e. The molecule has 4 bridgehead atoms. The van der Waals surface area contributed by atoms with Gasteiger partial charge >= 0.3 is 6.18 Å². The number of benzene rings is 2. The molecule has 0 aromatic heterocycles. The Morgan fingerprint density at radius 1 is 0.881 bits per heavy atom. The maximum Gasteiger partial charge on any atom is 0.416 e. The van der Waals surface area contributed by atoms with Crippen molar-refractivity contribution >= 4 is 17.5 Å². The van der Waals surface area contributed by atoms with Crippen molar-refractivity contribution in [1.29, 1.82) is 0 Å². The van der Waals surface area contributed by atoms with Gasteiger partial charge in [-0.2, -0.15) is 13.2 Å². The highest BCUT2D eigenvalue weighted by atomic mass is 19.4. The number of ether oxygens (including phenoxy) is 1. The summed E-state index contributed by atoms with van der Waals surface area (Å²) >= 11 is 0. The first-order chi connectivity index (χ1) is 20.2. The monoisotopic (exact) mass is 583 g/mol. The number of alkyl halides is 3. The lowest BCUT2D eigenvalue weighted by Crippen LogP contribution is -2.51. The van der Waals surface area contributed by atoms with Crippen LogP contribution in [0.25, 0.3) is 0 Å². The molecule has 1 saturated heterocycles. The summed E-state index contributed by atoms with van der Waals surface area (Å²) in [4.78, 5) is 30.1. The third-order valence-corrected chi connectivity index (χ3v) is 9.87. The maximum absolute atomic E-state index is 13.4. The standard InChI is InChI=1S/C33H40F3N3O3/c34-33(35,36)27-8-6-26(7-9-27)30(40)39-13-11-38(12-14-39)10-1-2-15-42-29-5-3-4-28(19-29)37-31(41)32-20-23-16-24(21-32)18-25(17-23)22-32/h3-9,19,23-25H,1-2,10-18,20-22H2,(H,37,41). The van der Waals surface area contributed by atoms with Crippen molar-refractivity contribution in [2.75, 3.05) is 44.6 Å².